The number of halogens is 3. The number of nitrogens with one attached hydrogen (secondary N) is 1. The van der Waals surface area contributed by atoms with Gasteiger partial charge in [-0.2, -0.15) is 0 Å². The van der Waals surface area contributed by atoms with Crippen LogP contribution in [0.15, 0.2) is 35.1 Å². The van der Waals surface area contributed by atoms with Crippen molar-refractivity contribution >= 4 is 33.0 Å². The average Bonchev–Trinajstić information content (AvgIpc) is 2.26. The lowest BCUT2D eigenvalue weighted by Crippen LogP contribution is -1.97. The second kappa shape index (κ2) is 4.67. The molecule has 2 rings (SSSR count). The highest BCUT2D eigenvalue weighted by Gasteiger charge is 2.08. The smallest absolute Gasteiger partial charge is 0.147 e. The Bertz CT molecular complexity index is 560. The van der Waals surface area contributed by atoms with Gasteiger partial charge in [0.05, 0.1) is 27.7 Å². The van der Waals surface area contributed by atoms with Gasteiger partial charge >= 0.3 is 0 Å². The van der Waals surface area contributed by atoms with Gasteiger partial charge in [0, 0.05) is 12.3 Å². The molecule has 0 aliphatic heterocycles. The van der Waals surface area contributed by atoms with E-state index >= 15 is 0 Å². The second-order valence-electron chi connectivity index (χ2n) is 3.38. The molecule has 0 atom stereocenters. The number of nitrogen functional groups attached to an aromatic ring is 1. The predicted molar refractivity (Wildman–Crippen MR) is 66.0 cm³/mol. The molecule has 0 saturated heterocycles. The molecule has 1 heterocycles. The Morgan fingerprint density at radius 3 is 2.59 bits per heavy atom. The topological polar surface area (TPSA) is 50.9 Å². The first-order valence-electron chi connectivity index (χ1n) is 4.68. The van der Waals surface area contributed by atoms with Crippen molar-refractivity contribution in [2.45, 2.75) is 0 Å². The number of nitrogens with two attached hydrogens (primary N) is 1. The molecule has 0 fully saturated rings. The van der Waals surface area contributed by atoms with Crippen molar-refractivity contribution < 1.29 is 8.78 Å². The maximum Gasteiger partial charge on any atom is 0.147 e. The van der Waals surface area contributed by atoms with Crippen LogP contribution < -0.4 is 11.1 Å². The highest BCUT2D eigenvalue weighted by molar-refractivity contribution is 9.10. The van der Waals surface area contributed by atoms with Crippen molar-refractivity contribution in [3.63, 3.8) is 0 Å². The van der Waals surface area contributed by atoms with Crippen LogP contribution in [0.1, 0.15) is 0 Å². The fraction of sp³-hybridized carbons (Fsp3) is 0. The van der Waals surface area contributed by atoms with E-state index in [4.69, 9.17) is 5.73 Å². The van der Waals surface area contributed by atoms with Gasteiger partial charge in [-0.15, -0.1) is 0 Å². The van der Waals surface area contributed by atoms with Gasteiger partial charge in [0.1, 0.15) is 11.6 Å². The lowest BCUT2D eigenvalue weighted by molar-refractivity contribution is 0.598. The number of aromatic nitrogens is 1. The molecule has 3 nitrogen and oxygen atoms in total. The fourth-order valence-electron chi connectivity index (χ4n) is 1.30. The summed E-state index contributed by atoms with van der Waals surface area (Å²) in [6.07, 6.45) is 2.93. The van der Waals surface area contributed by atoms with Crippen LogP contribution in [0.3, 0.4) is 0 Å². The van der Waals surface area contributed by atoms with Crippen LogP contribution in [-0.2, 0) is 0 Å². The lowest BCUT2D eigenvalue weighted by atomic mass is 10.2. The summed E-state index contributed by atoms with van der Waals surface area (Å²) in [5.74, 6) is -1.12. The molecule has 2 aromatic rings. The summed E-state index contributed by atoms with van der Waals surface area (Å²) in [5, 5.41) is 2.70. The van der Waals surface area contributed by atoms with Gasteiger partial charge in [0.15, 0.2) is 0 Å². The highest BCUT2D eigenvalue weighted by atomic mass is 79.9. The summed E-state index contributed by atoms with van der Waals surface area (Å²) in [5.41, 5.74) is 6.48. The number of hydrogen-bond donors (Lipinski definition) is 2. The van der Waals surface area contributed by atoms with Gasteiger partial charge in [-0.05, 0) is 28.1 Å². The fourth-order valence-corrected chi connectivity index (χ4v) is 1.62. The van der Waals surface area contributed by atoms with Crippen molar-refractivity contribution in [1.29, 1.82) is 0 Å². The van der Waals surface area contributed by atoms with Crippen LogP contribution in [0.25, 0.3) is 0 Å². The molecule has 17 heavy (non-hydrogen) atoms. The minimum atomic E-state index is -0.569. The van der Waals surface area contributed by atoms with Gasteiger partial charge in [-0.3, -0.25) is 4.98 Å². The Labute approximate surface area is 105 Å². The first kappa shape index (κ1) is 11.8. The summed E-state index contributed by atoms with van der Waals surface area (Å²) < 4.78 is 26.8. The van der Waals surface area contributed by atoms with Gasteiger partial charge < -0.3 is 11.1 Å². The zero-order valence-electron chi connectivity index (χ0n) is 8.55. The van der Waals surface area contributed by atoms with Crippen LogP contribution >= 0.6 is 15.9 Å². The van der Waals surface area contributed by atoms with Crippen molar-refractivity contribution in [3.8, 4) is 0 Å². The molecule has 6 heteroatoms. The number of rotatable bonds is 2. The third kappa shape index (κ3) is 2.71. The SMILES string of the molecule is Nc1cncc(Nc2cc(F)c(Br)cc2F)c1. The van der Waals surface area contributed by atoms with Crippen LogP contribution in [0.5, 0.6) is 0 Å². The van der Waals surface area contributed by atoms with Gasteiger partial charge in [0.2, 0.25) is 0 Å². The maximum atomic E-state index is 13.5. The number of anilines is 3. The molecule has 1 aromatic heterocycles. The first-order valence-corrected chi connectivity index (χ1v) is 5.47. The van der Waals surface area contributed by atoms with Crippen LogP contribution in [-0.4, -0.2) is 4.98 Å². The summed E-state index contributed by atoms with van der Waals surface area (Å²) in [6, 6.07) is 3.69. The number of nitrogens with zero attached hydrogens (tertiary/aromatic N) is 1. The van der Waals surface area contributed by atoms with Crippen molar-refractivity contribution in [2.24, 2.45) is 0 Å². The van der Waals surface area contributed by atoms with E-state index in [0.29, 0.717) is 11.4 Å². The second-order valence-corrected chi connectivity index (χ2v) is 4.23. The van der Waals surface area contributed by atoms with Crippen LogP contribution in [0.4, 0.5) is 25.8 Å². The quantitative estimate of drug-likeness (QED) is 0.835. The lowest BCUT2D eigenvalue weighted by Gasteiger charge is -2.08. The van der Waals surface area contributed by atoms with Gasteiger partial charge in [0.25, 0.3) is 0 Å². The van der Waals surface area contributed by atoms with Crippen molar-refractivity contribution in [1.82, 2.24) is 4.98 Å². The van der Waals surface area contributed by atoms with Gasteiger partial charge in [-0.1, -0.05) is 0 Å². The molecule has 0 aliphatic rings. The van der Waals surface area contributed by atoms with E-state index in [-0.39, 0.29) is 10.2 Å². The molecule has 88 valence electrons. The largest absolute Gasteiger partial charge is 0.397 e. The Kier molecular flexibility index (Phi) is 3.23. The molecule has 0 unspecified atom stereocenters. The van der Waals surface area contributed by atoms with E-state index in [1.54, 1.807) is 6.07 Å². The number of pyridine rings is 1. The molecule has 0 aliphatic carbocycles. The molecule has 0 amide bonds. The molecule has 0 spiro atoms. The van der Waals surface area contributed by atoms with E-state index in [1.807, 2.05) is 0 Å². The molecule has 0 saturated carbocycles. The standard InChI is InChI=1S/C11H8BrF2N3/c12-8-2-10(14)11(3-9(8)13)17-7-1-6(15)4-16-5-7/h1-5,17H,15H2. The summed E-state index contributed by atoms with van der Waals surface area (Å²) in [6.45, 7) is 0. The van der Waals surface area contributed by atoms with Crippen LogP contribution in [0.2, 0.25) is 0 Å². The average molecular weight is 300 g/mol. The number of hydrogen-bond acceptors (Lipinski definition) is 3. The van der Waals surface area contributed by atoms with E-state index in [2.05, 4.69) is 26.2 Å². The molecule has 3 N–H and O–H groups in total. The first-order chi connectivity index (χ1) is 8.06. The minimum Gasteiger partial charge on any atom is -0.397 e. The van der Waals surface area contributed by atoms with Crippen molar-refractivity contribution in [3.05, 3.63) is 46.7 Å². The molecular formula is C11H8BrF2N3. The minimum absolute atomic E-state index is 0.0260. The summed E-state index contributed by atoms with van der Waals surface area (Å²) in [4.78, 5) is 3.84. The molecular weight excluding hydrogens is 292 g/mol. The monoisotopic (exact) mass is 299 g/mol. The predicted octanol–water partition coefficient (Wildman–Crippen LogP) is 3.45. The maximum absolute atomic E-state index is 13.5. The van der Waals surface area contributed by atoms with E-state index in [1.165, 1.54) is 12.4 Å². The van der Waals surface area contributed by atoms with Crippen molar-refractivity contribution in [2.75, 3.05) is 11.1 Å². The third-order valence-corrected chi connectivity index (χ3v) is 2.66. The zero-order chi connectivity index (χ0) is 12.4. The van der Waals surface area contributed by atoms with E-state index in [9.17, 15) is 8.78 Å². The van der Waals surface area contributed by atoms with Crippen LogP contribution in [0, 0.1) is 11.6 Å². The zero-order valence-corrected chi connectivity index (χ0v) is 10.1. The highest BCUT2D eigenvalue weighted by Crippen LogP contribution is 2.26. The molecule has 1 aromatic carbocycles. The van der Waals surface area contributed by atoms with E-state index in [0.717, 1.165) is 12.1 Å². The Morgan fingerprint density at radius 2 is 1.88 bits per heavy atom. The van der Waals surface area contributed by atoms with Gasteiger partial charge in [-0.25, -0.2) is 8.78 Å². The Morgan fingerprint density at radius 1 is 1.12 bits per heavy atom. The third-order valence-electron chi connectivity index (χ3n) is 2.05. The summed E-state index contributed by atoms with van der Waals surface area (Å²) in [7, 11) is 0. The molecule has 0 radical (unpaired) electrons. The summed E-state index contributed by atoms with van der Waals surface area (Å²) >= 11 is 2.90. The Balaban J connectivity index is 2.33. The number of benzene rings is 1. The molecule has 0 bridgehead atoms. The normalized spacial score (nSPS) is 10.3. The Hall–Kier alpha value is -1.69. The van der Waals surface area contributed by atoms with E-state index < -0.39 is 11.6 Å².